The van der Waals surface area contributed by atoms with Gasteiger partial charge in [0.2, 0.25) is 12.7 Å². The highest BCUT2D eigenvalue weighted by atomic mass is 31.2. The molecule has 2 rings (SSSR count). The van der Waals surface area contributed by atoms with E-state index < -0.39 is 7.60 Å². The summed E-state index contributed by atoms with van der Waals surface area (Å²) in [6.07, 6.45) is 12.0. The molecule has 0 unspecified atom stereocenters. The molecule has 108 valence electrons. The standard InChI is InChI=1S/2C5H9N2.CH5O3P/c2*1-6-3-4-7(2)5-6;1-5(2,3)4/h2*3-5H,1-2H3;1H3,(H2,2,3,4)/q2*+1;/p-2. The van der Waals surface area contributed by atoms with Crippen LogP contribution >= 0.6 is 7.60 Å². The third-order valence-corrected chi connectivity index (χ3v) is 1.80. The van der Waals surface area contributed by atoms with Gasteiger partial charge in [0.15, 0.2) is 0 Å². The van der Waals surface area contributed by atoms with Gasteiger partial charge >= 0.3 is 0 Å². The molecule has 0 radical (unpaired) electrons. The first-order valence-corrected chi connectivity index (χ1v) is 7.51. The van der Waals surface area contributed by atoms with Gasteiger partial charge in [-0.05, 0) is 6.66 Å². The molecule has 0 aliphatic carbocycles. The summed E-state index contributed by atoms with van der Waals surface area (Å²) in [6.45, 7) is 0.632. The van der Waals surface area contributed by atoms with E-state index in [2.05, 4.69) is 0 Å². The summed E-state index contributed by atoms with van der Waals surface area (Å²) < 4.78 is 17.1. The molecule has 0 amide bonds. The van der Waals surface area contributed by atoms with Gasteiger partial charge in [-0.15, -0.1) is 0 Å². The highest BCUT2D eigenvalue weighted by molar-refractivity contribution is 7.47. The van der Waals surface area contributed by atoms with Gasteiger partial charge in [-0.1, -0.05) is 7.60 Å². The number of imidazole rings is 2. The van der Waals surface area contributed by atoms with Crippen molar-refractivity contribution in [2.75, 3.05) is 6.66 Å². The summed E-state index contributed by atoms with van der Waals surface area (Å²) in [5.74, 6) is 0. The van der Waals surface area contributed by atoms with Crippen molar-refractivity contribution in [2.24, 2.45) is 28.2 Å². The lowest BCUT2D eigenvalue weighted by Crippen LogP contribution is -2.23. The number of nitrogens with zero attached hydrogens (tertiary/aromatic N) is 4. The Kier molecular flexibility index (Phi) is 7.29. The third-order valence-electron chi connectivity index (χ3n) is 1.80. The quantitative estimate of drug-likeness (QED) is 0.425. The Hall–Kier alpha value is -1.43. The van der Waals surface area contributed by atoms with Crippen molar-refractivity contribution in [2.45, 2.75) is 0 Å². The molecule has 8 heteroatoms. The molecule has 2 aromatic heterocycles. The Balaban J connectivity index is 0.000000261. The zero-order valence-corrected chi connectivity index (χ0v) is 12.8. The van der Waals surface area contributed by atoms with Gasteiger partial charge in [0.1, 0.15) is 24.8 Å². The van der Waals surface area contributed by atoms with Gasteiger partial charge in [-0.2, -0.15) is 0 Å². The first kappa shape index (κ1) is 17.6. The Morgan fingerprint density at radius 1 is 0.947 bits per heavy atom. The third kappa shape index (κ3) is 12.8. The first-order chi connectivity index (χ1) is 8.58. The average molecular weight is 288 g/mol. The van der Waals surface area contributed by atoms with Crippen LogP contribution in [0.1, 0.15) is 0 Å². The van der Waals surface area contributed by atoms with Crippen molar-refractivity contribution >= 4 is 7.60 Å². The molecular weight excluding hydrogens is 267 g/mol. The summed E-state index contributed by atoms with van der Waals surface area (Å²) in [4.78, 5) is 18.2. The topological polar surface area (TPSA) is 80.8 Å². The molecule has 2 aromatic rings. The van der Waals surface area contributed by atoms with E-state index in [9.17, 15) is 0 Å². The number of rotatable bonds is 0. The van der Waals surface area contributed by atoms with Crippen molar-refractivity contribution in [3.63, 3.8) is 0 Å². The number of hydrogen-bond acceptors (Lipinski definition) is 3. The Morgan fingerprint density at radius 2 is 1.21 bits per heavy atom. The summed E-state index contributed by atoms with van der Waals surface area (Å²) in [6, 6.07) is 0. The Morgan fingerprint density at radius 3 is 1.26 bits per heavy atom. The fourth-order valence-electron chi connectivity index (χ4n) is 1.15. The van der Waals surface area contributed by atoms with Crippen molar-refractivity contribution in [1.82, 2.24) is 9.13 Å². The smallest absolute Gasteiger partial charge is 0.243 e. The van der Waals surface area contributed by atoms with Crippen molar-refractivity contribution in [3.05, 3.63) is 37.4 Å². The van der Waals surface area contributed by atoms with Crippen LogP contribution < -0.4 is 18.9 Å². The molecule has 0 bridgehead atoms. The van der Waals surface area contributed by atoms with Crippen LogP contribution in [-0.4, -0.2) is 15.8 Å². The molecule has 0 aliphatic rings. The van der Waals surface area contributed by atoms with Crippen LogP contribution in [0.4, 0.5) is 0 Å². The van der Waals surface area contributed by atoms with Crippen LogP contribution in [0.15, 0.2) is 37.4 Å². The van der Waals surface area contributed by atoms with Gasteiger partial charge in [0.05, 0.1) is 28.2 Å². The van der Waals surface area contributed by atoms with Crippen LogP contribution in [-0.2, 0) is 32.8 Å². The van der Waals surface area contributed by atoms with Crippen LogP contribution in [0.5, 0.6) is 0 Å². The van der Waals surface area contributed by atoms with E-state index in [-0.39, 0.29) is 0 Å². The highest BCUT2D eigenvalue weighted by Crippen LogP contribution is 2.12. The van der Waals surface area contributed by atoms with E-state index in [1.54, 1.807) is 0 Å². The van der Waals surface area contributed by atoms with E-state index in [0.29, 0.717) is 6.66 Å². The normalized spacial score (nSPS) is 10.1. The minimum absolute atomic E-state index is 0.632. The second-order valence-electron chi connectivity index (χ2n) is 4.26. The second-order valence-corrected chi connectivity index (χ2v) is 5.80. The van der Waals surface area contributed by atoms with E-state index in [0.717, 1.165) is 0 Å². The second kappa shape index (κ2) is 7.89. The minimum Gasteiger partial charge on any atom is -0.811 e. The number of aryl methyl sites for hydroxylation is 4. The van der Waals surface area contributed by atoms with Crippen molar-refractivity contribution in [3.8, 4) is 0 Å². The molecule has 0 aromatic carbocycles. The zero-order valence-electron chi connectivity index (χ0n) is 11.9. The predicted molar refractivity (Wildman–Crippen MR) is 66.7 cm³/mol. The van der Waals surface area contributed by atoms with E-state index in [4.69, 9.17) is 14.4 Å². The lowest BCUT2D eigenvalue weighted by molar-refractivity contribution is -0.671. The maximum absolute atomic E-state index is 9.10. The van der Waals surface area contributed by atoms with E-state index in [1.165, 1.54) is 0 Å². The maximum atomic E-state index is 9.10. The number of hydrogen-bond donors (Lipinski definition) is 0. The zero-order chi connectivity index (χ0) is 15.1. The molecule has 0 aliphatic heterocycles. The fraction of sp³-hybridized carbons (Fsp3) is 0.455. The van der Waals surface area contributed by atoms with Crippen LogP contribution in [0, 0.1) is 0 Å². The van der Waals surface area contributed by atoms with Crippen LogP contribution in [0.3, 0.4) is 0 Å². The average Bonchev–Trinajstić information content (AvgIpc) is 2.74. The van der Waals surface area contributed by atoms with Gasteiger partial charge in [0, 0.05) is 0 Å². The molecule has 0 fully saturated rings. The van der Waals surface area contributed by atoms with Gasteiger partial charge in [0.25, 0.3) is 0 Å². The lowest BCUT2D eigenvalue weighted by Gasteiger charge is -2.22. The molecule has 19 heavy (non-hydrogen) atoms. The number of aromatic nitrogens is 4. The van der Waals surface area contributed by atoms with Gasteiger partial charge in [-0.25, -0.2) is 18.3 Å². The molecule has 0 atom stereocenters. The summed E-state index contributed by atoms with van der Waals surface area (Å²) in [5.41, 5.74) is 0. The van der Waals surface area contributed by atoms with E-state index >= 15 is 0 Å². The lowest BCUT2D eigenvalue weighted by atomic mass is 10.9. The molecule has 2 heterocycles. The van der Waals surface area contributed by atoms with E-state index in [1.807, 2.05) is 83.9 Å². The molecule has 0 N–H and O–H groups in total. The van der Waals surface area contributed by atoms with Gasteiger partial charge in [-0.3, -0.25) is 0 Å². The summed E-state index contributed by atoms with van der Waals surface area (Å²) >= 11 is 0. The molecule has 7 nitrogen and oxygen atoms in total. The largest absolute Gasteiger partial charge is 0.811 e. The maximum Gasteiger partial charge on any atom is 0.243 e. The first-order valence-electron chi connectivity index (χ1n) is 5.52. The van der Waals surface area contributed by atoms with Crippen LogP contribution in [0.2, 0.25) is 0 Å². The van der Waals surface area contributed by atoms with Crippen molar-refractivity contribution in [1.29, 1.82) is 0 Å². The van der Waals surface area contributed by atoms with Gasteiger partial charge < -0.3 is 14.4 Å². The highest BCUT2D eigenvalue weighted by Gasteiger charge is 1.88. The monoisotopic (exact) mass is 288 g/mol. The van der Waals surface area contributed by atoms with Crippen molar-refractivity contribution < 1.29 is 23.5 Å². The molecule has 0 saturated heterocycles. The summed E-state index contributed by atoms with van der Waals surface area (Å²) in [5, 5.41) is 0. The Bertz CT molecular complexity index is 450. The fourth-order valence-corrected chi connectivity index (χ4v) is 1.15. The molecular formula is C11H21N4O3P. The summed E-state index contributed by atoms with van der Waals surface area (Å²) in [7, 11) is 3.86. The minimum atomic E-state index is -4.14. The SMILES string of the molecule is CP(=O)([O-])[O-].Cn1cc[n+](C)c1.Cn1cc[n+](C)c1. The van der Waals surface area contributed by atoms with Crippen LogP contribution in [0.25, 0.3) is 0 Å². The predicted octanol–water partition coefficient (Wildman–Crippen LogP) is -1.77. The molecule has 0 spiro atoms. The molecule has 0 saturated carbocycles. The Labute approximate surface area is 113 Å².